The van der Waals surface area contributed by atoms with E-state index in [9.17, 15) is 19.7 Å². The van der Waals surface area contributed by atoms with Crippen LogP contribution in [-0.4, -0.2) is 21.9 Å². The molecule has 1 aliphatic rings. The Balaban J connectivity index is 2.13. The lowest BCUT2D eigenvalue weighted by molar-refractivity contribution is -0.384. The summed E-state index contributed by atoms with van der Waals surface area (Å²) in [6.45, 7) is 0. The Morgan fingerprint density at radius 2 is 2.00 bits per heavy atom. The van der Waals surface area contributed by atoms with Crippen molar-refractivity contribution in [2.24, 2.45) is 11.8 Å². The number of benzene rings is 1. The molecular weight excluding hydrogens is 344 g/mol. The van der Waals surface area contributed by atoms with E-state index in [-0.39, 0.29) is 11.6 Å². The van der Waals surface area contributed by atoms with Crippen LogP contribution in [0.25, 0.3) is 0 Å². The monoisotopic (exact) mass is 356 g/mol. The summed E-state index contributed by atoms with van der Waals surface area (Å²) in [4.78, 5) is 33.4. The van der Waals surface area contributed by atoms with Crippen LogP contribution in [0.5, 0.6) is 0 Å². The average Bonchev–Trinajstić information content (AvgIpc) is 2.90. The lowest BCUT2D eigenvalue weighted by atomic mass is 9.95. The Bertz CT molecular complexity index is 604. The first kappa shape index (κ1) is 15.4. The highest BCUT2D eigenvalue weighted by Crippen LogP contribution is 2.34. The minimum Gasteiger partial charge on any atom is -0.481 e. The fraction of sp³-hybridized carbons (Fsp3) is 0.385. The number of carbonyl (C=O) groups is 2. The van der Waals surface area contributed by atoms with Gasteiger partial charge in [-0.15, -0.1) is 0 Å². The van der Waals surface area contributed by atoms with Gasteiger partial charge in [-0.3, -0.25) is 19.7 Å². The van der Waals surface area contributed by atoms with Gasteiger partial charge < -0.3 is 10.4 Å². The van der Waals surface area contributed by atoms with Gasteiger partial charge >= 0.3 is 5.97 Å². The topological polar surface area (TPSA) is 110 Å². The number of non-ortho nitro benzene ring substituents is 1. The molecule has 1 aromatic carbocycles. The van der Waals surface area contributed by atoms with Crippen LogP contribution in [0, 0.1) is 22.0 Å². The molecule has 7 nitrogen and oxygen atoms in total. The van der Waals surface area contributed by atoms with Crippen LogP contribution < -0.4 is 5.32 Å². The summed E-state index contributed by atoms with van der Waals surface area (Å²) in [6.07, 6.45) is 1.73. The van der Waals surface area contributed by atoms with Gasteiger partial charge in [0.1, 0.15) is 0 Å². The summed E-state index contributed by atoms with van der Waals surface area (Å²) in [5.74, 6) is -2.56. The highest BCUT2D eigenvalue weighted by Gasteiger charge is 2.37. The van der Waals surface area contributed by atoms with Gasteiger partial charge in [0.05, 0.1) is 22.4 Å². The van der Waals surface area contributed by atoms with E-state index in [1.165, 1.54) is 18.2 Å². The van der Waals surface area contributed by atoms with E-state index < -0.39 is 22.7 Å². The van der Waals surface area contributed by atoms with Gasteiger partial charge in [-0.1, -0.05) is 6.42 Å². The van der Waals surface area contributed by atoms with Crippen LogP contribution in [0.2, 0.25) is 0 Å². The SMILES string of the molecule is O=C(O)[C@H]1CCC[C@H]1C(=O)Nc1ccc([N+](=O)[O-])cc1Br. The number of hydrogen-bond donors (Lipinski definition) is 2. The predicted molar refractivity (Wildman–Crippen MR) is 77.9 cm³/mol. The third-order valence-corrected chi connectivity index (χ3v) is 4.25. The molecule has 8 heteroatoms. The van der Waals surface area contributed by atoms with Gasteiger partial charge in [0.2, 0.25) is 5.91 Å². The Morgan fingerprint density at radius 3 is 2.57 bits per heavy atom. The molecule has 1 saturated carbocycles. The van der Waals surface area contributed by atoms with E-state index in [0.29, 0.717) is 29.4 Å². The van der Waals surface area contributed by atoms with Crippen LogP contribution in [0.4, 0.5) is 11.4 Å². The second kappa shape index (κ2) is 6.21. The lowest BCUT2D eigenvalue weighted by Gasteiger charge is -2.16. The molecular formula is C13H13BrN2O5. The number of anilines is 1. The lowest BCUT2D eigenvalue weighted by Crippen LogP contribution is -2.30. The number of carboxylic acids is 1. The Kier molecular flexibility index (Phi) is 4.56. The number of hydrogen-bond acceptors (Lipinski definition) is 4. The normalized spacial score (nSPS) is 21.0. The number of nitrogens with zero attached hydrogens (tertiary/aromatic N) is 1. The molecule has 2 N–H and O–H groups in total. The van der Waals surface area contributed by atoms with E-state index in [4.69, 9.17) is 5.11 Å². The smallest absolute Gasteiger partial charge is 0.307 e. The zero-order valence-corrected chi connectivity index (χ0v) is 12.5. The van der Waals surface area contributed by atoms with Crippen molar-refractivity contribution in [3.05, 3.63) is 32.8 Å². The summed E-state index contributed by atoms with van der Waals surface area (Å²) in [5, 5.41) is 22.4. The van der Waals surface area contributed by atoms with Crippen molar-refractivity contribution in [3.8, 4) is 0 Å². The Hall–Kier alpha value is -1.96. The maximum atomic E-state index is 12.2. The molecule has 112 valence electrons. The summed E-state index contributed by atoms with van der Waals surface area (Å²) in [6, 6.07) is 3.99. The van der Waals surface area contributed by atoms with Crippen LogP contribution in [0.1, 0.15) is 19.3 Å². The van der Waals surface area contributed by atoms with Crippen LogP contribution in [-0.2, 0) is 9.59 Å². The molecule has 2 atom stereocenters. The van der Waals surface area contributed by atoms with Crippen LogP contribution >= 0.6 is 15.9 Å². The molecule has 1 fully saturated rings. The second-order valence-electron chi connectivity index (χ2n) is 4.89. The van der Waals surface area contributed by atoms with E-state index in [2.05, 4.69) is 21.2 Å². The first-order valence-electron chi connectivity index (χ1n) is 6.37. The molecule has 0 aliphatic heterocycles. The fourth-order valence-electron chi connectivity index (χ4n) is 2.51. The Labute approximate surface area is 128 Å². The molecule has 1 aromatic rings. The number of nitro benzene ring substituents is 1. The van der Waals surface area contributed by atoms with Crippen molar-refractivity contribution >= 4 is 39.2 Å². The van der Waals surface area contributed by atoms with E-state index in [1.54, 1.807) is 0 Å². The molecule has 2 rings (SSSR count). The van der Waals surface area contributed by atoms with Crippen molar-refractivity contribution in [1.29, 1.82) is 0 Å². The third kappa shape index (κ3) is 3.38. The van der Waals surface area contributed by atoms with Gasteiger partial charge in [-0.25, -0.2) is 0 Å². The van der Waals surface area contributed by atoms with Crippen molar-refractivity contribution in [1.82, 2.24) is 0 Å². The van der Waals surface area contributed by atoms with Gasteiger partial charge in [0.15, 0.2) is 0 Å². The van der Waals surface area contributed by atoms with E-state index in [1.807, 2.05) is 0 Å². The molecule has 0 heterocycles. The van der Waals surface area contributed by atoms with E-state index in [0.717, 1.165) is 0 Å². The quantitative estimate of drug-likeness (QED) is 0.636. The number of rotatable bonds is 4. The molecule has 0 bridgehead atoms. The summed E-state index contributed by atoms with van der Waals surface area (Å²) < 4.78 is 0.384. The first-order chi connectivity index (χ1) is 9.90. The zero-order valence-electron chi connectivity index (χ0n) is 10.9. The predicted octanol–water partition coefficient (Wildman–Crippen LogP) is 2.80. The largest absolute Gasteiger partial charge is 0.481 e. The summed E-state index contributed by atoms with van der Waals surface area (Å²) >= 11 is 3.16. The van der Waals surface area contributed by atoms with Gasteiger partial charge in [-0.05, 0) is 34.8 Å². The number of halogens is 1. The van der Waals surface area contributed by atoms with Gasteiger partial charge in [0.25, 0.3) is 5.69 Å². The number of carboxylic acid groups (broad SMARTS) is 1. The highest BCUT2D eigenvalue weighted by atomic mass is 79.9. The molecule has 21 heavy (non-hydrogen) atoms. The summed E-state index contributed by atoms with van der Waals surface area (Å²) in [5.41, 5.74) is 0.297. The number of nitrogens with one attached hydrogen (secondary N) is 1. The number of amides is 1. The number of carbonyl (C=O) groups excluding carboxylic acids is 1. The maximum absolute atomic E-state index is 12.2. The molecule has 0 saturated heterocycles. The standard InChI is InChI=1S/C13H13BrN2O5/c14-10-6-7(16(20)21)4-5-11(10)15-12(17)8-2-1-3-9(8)13(18)19/h4-6,8-9H,1-3H2,(H,15,17)(H,18,19)/t8-,9+/m1/s1. The third-order valence-electron chi connectivity index (χ3n) is 3.59. The van der Waals surface area contributed by atoms with Crippen LogP contribution in [0.15, 0.2) is 22.7 Å². The van der Waals surface area contributed by atoms with E-state index >= 15 is 0 Å². The zero-order chi connectivity index (χ0) is 15.6. The molecule has 0 spiro atoms. The van der Waals surface area contributed by atoms with Crippen LogP contribution in [0.3, 0.4) is 0 Å². The fourth-order valence-corrected chi connectivity index (χ4v) is 2.98. The molecule has 0 radical (unpaired) electrons. The van der Waals surface area contributed by atoms with Gasteiger partial charge in [-0.2, -0.15) is 0 Å². The highest BCUT2D eigenvalue weighted by molar-refractivity contribution is 9.10. The first-order valence-corrected chi connectivity index (χ1v) is 7.17. The minimum atomic E-state index is -0.963. The molecule has 1 aliphatic carbocycles. The maximum Gasteiger partial charge on any atom is 0.307 e. The van der Waals surface area contributed by atoms with Crippen molar-refractivity contribution in [3.63, 3.8) is 0 Å². The average molecular weight is 357 g/mol. The number of aliphatic carboxylic acids is 1. The van der Waals surface area contributed by atoms with Crippen molar-refractivity contribution in [2.75, 3.05) is 5.32 Å². The minimum absolute atomic E-state index is 0.0934. The molecule has 0 unspecified atom stereocenters. The molecule has 0 aromatic heterocycles. The van der Waals surface area contributed by atoms with Crippen molar-refractivity contribution in [2.45, 2.75) is 19.3 Å². The number of nitro groups is 1. The van der Waals surface area contributed by atoms with Gasteiger partial charge in [0, 0.05) is 16.6 Å². The van der Waals surface area contributed by atoms with Crippen molar-refractivity contribution < 1.29 is 19.6 Å². The molecule has 1 amide bonds. The second-order valence-corrected chi connectivity index (χ2v) is 5.75. The summed E-state index contributed by atoms with van der Waals surface area (Å²) in [7, 11) is 0. The Morgan fingerprint density at radius 1 is 1.33 bits per heavy atom.